The van der Waals surface area contributed by atoms with Crippen molar-refractivity contribution >= 4 is 23.4 Å². The molecule has 7 nitrogen and oxygen atoms in total. The van der Waals surface area contributed by atoms with Crippen LogP contribution in [0.2, 0.25) is 0 Å². The fourth-order valence-corrected chi connectivity index (χ4v) is 3.67. The maximum absolute atomic E-state index is 12.5. The van der Waals surface area contributed by atoms with Gasteiger partial charge >= 0.3 is 6.03 Å². The molecule has 2 saturated heterocycles. The lowest BCUT2D eigenvalue weighted by Crippen LogP contribution is -2.50. The zero-order valence-corrected chi connectivity index (χ0v) is 15.8. The zero-order chi connectivity index (χ0) is 18.6. The molecule has 2 aliphatic rings. The summed E-state index contributed by atoms with van der Waals surface area (Å²) in [6.07, 6.45) is 2.46. The largest absolute Gasteiger partial charge is 0.355 e. The van der Waals surface area contributed by atoms with Gasteiger partial charge in [-0.05, 0) is 49.6 Å². The number of carbonyl (C=O) groups excluding carboxylic acids is 1. The van der Waals surface area contributed by atoms with E-state index in [1.165, 1.54) is 12.8 Å². The highest BCUT2D eigenvalue weighted by Gasteiger charge is 2.22. The molecule has 1 aromatic heterocycles. The molecule has 1 aromatic carbocycles. The molecule has 7 heteroatoms. The van der Waals surface area contributed by atoms with Gasteiger partial charge in [-0.1, -0.05) is 12.1 Å². The van der Waals surface area contributed by atoms with Gasteiger partial charge in [-0.2, -0.15) is 0 Å². The highest BCUT2D eigenvalue weighted by atomic mass is 16.2. The van der Waals surface area contributed by atoms with E-state index in [9.17, 15) is 4.79 Å². The van der Waals surface area contributed by atoms with Crippen molar-refractivity contribution in [1.82, 2.24) is 15.1 Å². The number of nitrogens with one attached hydrogen (secondary N) is 1. The number of nitrogens with zero attached hydrogens (tertiary/aromatic N) is 5. The van der Waals surface area contributed by atoms with E-state index in [0.717, 1.165) is 49.1 Å². The van der Waals surface area contributed by atoms with Gasteiger partial charge in [-0.25, -0.2) is 4.79 Å². The number of hydrogen-bond acceptors (Lipinski definition) is 5. The van der Waals surface area contributed by atoms with E-state index < -0.39 is 0 Å². The van der Waals surface area contributed by atoms with E-state index in [1.807, 2.05) is 42.2 Å². The molecule has 0 bridgehead atoms. The van der Waals surface area contributed by atoms with Crippen LogP contribution in [0.3, 0.4) is 0 Å². The van der Waals surface area contributed by atoms with Gasteiger partial charge in [-0.3, -0.25) is 0 Å². The van der Waals surface area contributed by atoms with Crippen LogP contribution in [-0.2, 0) is 0 Å². The monoisotopic (exact) mass is 366 g/mol. The molecule has 27 heavy (non-hydrogen) atoms. The van der Waals surface area contributed by atoms with Gasteiger partial charge in [0.2, 0.25) is 0 Å². The number of hydrogen-bond donors (Lipinski definition) is 1. The smallest absolute Gasteiger partial charge is 0.321 e. The van der Waals surface area contributed by atoms with Crippen LogP contribution in [0.15, 0.2) is 36.4 Å². The van der Waals surface area contributed by atoms with Crippen LogP contribution >= 0.6 is 0 Å². The summed E-state index contributed by atoms with van der Waals surface area (Å²) in [5.74, 6) is 1.85. The van der Waals surface area contributed by atoms with Gasteiger partial charge in [-0.15, -0.1) is 10.2 Å². The molecule has 0 aliphatic carbocycles. The van der Waals surface area contributed by atoms with Gasteiger partial charge in [0.25, 0.3) is 0 Å². The molecule has 0 unspecified atom stereocenters. The molecule has 2 aromatic rings. The molecular formula is C20H26N6O. The number of anilines is 3. The third-order valence-electron chi connectivity index (χ3n) is 5.23. The quantitative estimate of drug-likeness (QED) is 0.905. The van der Waals surface area contributed by atoms with Crippen LogP contribution in [0.4, 0.5) is 22.1 Å². The number of aromatic nitrogens is 2. The number of piperazine rings is 1. The van der Waals surface area contributed by atoms with E-state index >= 15 is 0 Å². The number of aryl methyl sites for hydroxylation is 1. The summed E-state index contributed by atoms with van der Waals surface area (Å²) in [5.41, 5.74) is 1.97. The summed E-state index contributed by atoms with van der Waals surface area (Å²) < 4.78 is 0. The average Bonchev–Trinajstić information content (AvgIpc) is 3.23. The van der Waals surface area contributed by atoms with Gasteiger partial charge in [0.1, 0.15) is 0 Å². The second kappa shape index (κ2) is 7.82. The van der Waals surface area contributed by atoms with Crippen molar-refractivity contribution in [3.8, 4) is 0 Å². The Labute approximate surface area is 160 Å². The Balaban J connectivity index is 1.31. The first kappa shape index (κ1) is 17.6. The van der Waals surface area contributed by atoms with Crippen LogP contribution in [0.1, 0.15) is 18.4 Å². The minimum absolute atomic E-state index is 0.0456. The van der Waals surface area contributed by atoms with Crippen LogP contribution in [-0.4, -0.2) is 60.4 Å². The van der Waals surface area contributed by atoms with Crippen molar-refractivity contribution in [3.05, 3.63) is 42.0 Å². The van der Waals surface area contributed by atoms with E-state index in [2.05, 4.69) is 31.4 Å². The van der Waals surface area contributed by atoms with E-state index in [4.69, 9.17) is 0 Å². The Morgan fingerprint density at radius 1 is 0.889 bits per heavy atom. The first-order valence-electron chi connectivity index (χ1n) is 9.65. The molecule has 2 amide bonds. The number of urea groups is 1. The first-order valence-corrected chi connectivity index (χ1v) is 9.65. The van der Waals surface area contributed by atoms with Crippen LogP contribution < -0.4 is 15.1 Å². The SMILES string of the molecule is Cc1cccc(NC(=O)N2CCN(c3ccc(N4CCCC4)nn3)CC2)c1. The first-order chi connectivity index (χ1) is 13.2. The molecule has 142 valence electrons. The number of amides is 2. The van der Waals surface area contributed by atoms with Crippen LogP contribution in [0, 0.1) is 6.92 Å². The van der Waals surface area contributed by atoms with Crippen LogP contribution in [0.25, 0.3) is 0 Å². The van der Waals surface area contributed by atoms with Crippen molar-refractivity contribution in [3.63, 3.8) is 0 Å². The second-order valence-electron chi connectivity index (χ2n) is 7.22. The number of rotatable bonds is 3. The summed E-state index contributed by atoms with van der Waals surface area (Å²) in [7, 11) is 0. The third kappa shape index (κ3) is 4.13. The molecule has 1 N–H and O–H groups in total. The minimum Gasteiger partial charge on any atom is -0.355 e. The molecule has 0 spiro atoms. The Morgan fingerprint density at radius 2 is 1.52 bits per heavy atom. The predicted octanol–water partition coefficient (Wildman–Crippen LogP) is 2.74. The van der Waals surface area contributed by atoms with Crippen molar-refractivity contribution in [1.29, 1.82) is 0 Å². The molecule has 2 fully saturated rings. The summed E-state index contributed by atoms with van der Waals surface area (Å²) >= 11 is 0. The Bertz CT molecular complexity index is 779. The van der Waals surface area contributed by atoms with E-state index in [1.54, 1.807) is 0 Å². The van der Waals surface area contributed by atoms with Crippen molar-refractivity contribution in [2.24, 2.45) is 0 Å². The van der Waals surface area contributed by atoms with E-state index in [-0.39, 0.29) is 6.03 Å². The highest BCUT2D eigenvalue weighted by molar-refractivity contribution is 5.89. The van der Waals surface area contributed by atoms with Crippen molar-refractivity contribution < 1.29 is 4.79 Å². The summed E-state index contributed by atoms with van der Waals surface area (Å²) in [4.78, 5) is 18.8. The molecule has 0 saturated carbocycles. The zero-order valence-electron chi connectivity index (χ0n) is 15.8. The maximum atomic E-state index is 12.5. The molecule has 0 radical (unpaired) electrons. The lowest BCUT2D eigenvalue weighted by atomic mass is 10.2. The van der Waals surface area contributed by atoms with Gasteiger partial charge in [0.05, 0.1) is 0 Å². The Morgan fingerprint density at radius 3 is 2.11 bits per heavy atom. The third-order valence-corrected chi connectivity index (χ3v) is 5.23. The maximum Gasteiger partial charge on any atom is 0.321 e. The van der Waals surface area contributed by atoms with Gasteiger partial charge in [0.15, 0.2) is 11.6 Å². The predicted molar refractivity (Wildman–Crippen MR) is 107 cm³/mol. The van der Waals surface area contributed by atoms with Gasteiger partial charge in [0, 0.05) is 45.0 Å². The number of carbonyl (C=O) groups is 1. The van der Waals surface area contributed by atoms with Crippen molar-refractivity contribution in [2.75, 3.05) is 54.4 Å². The lowest BCUT2D eigenvalue weighted by Gasteiger charge is -2.35. The highest BCUT2D eigenvalue weighted by Crippen LogP contribution is 2.20. The minimum atomic E-state index is -0.0456. The average molecular weight is 366 g/mol. The molecule has 2 aliphatic heterocycles. The lowest BCUT2D eigenvalue weighted by molar-refractivity contribution is 0.208. The standard InChI is InChI=1S/C20H26N6O/c1-16-5-4-6-17(15-16)21-20(27)26-13-11-25(12-14-26)19-8-7-18(22-23-19)24-9-2-3-10-24/h4-8,15H,2-3,9-14H2,1H3,(H,21,27). The fourth-order valence-electron chi connectivity index (χ4n) is 3.67. The number of benzene rings is 1. The molecule has 0 atom stereocenters. The Hall–Kier alpha value is -2.83. The van der Waals surface area contributed by atoms with Crippen molar-refractivity contribution in [2.45, 2.75) is 19.8 Å². The normalized spacial score (nSPS) is 17.3. The van der Waals surface area contributed by atoms with E-state index in [0.29, 0.717) is 13.1 Å². The summed E-state index contributed by atoms with van der Waals surface area (Å²) in [5, 5.41) is 11.8. The van der Waals surface area contributed by atoms with Crippen LogP contribution in [0.5, 0.6) is 0 Å². The molecule has 4 rings (SSSR count). The second-order valence-corrected chi connectivity index (χ2v) is 7.22. The topological polar surface area (TPSA) is 64.6 Å². The molecular weight excluding hydrogens is 340 g/mol. The fraction of sp³-hybridized carbons (Fsp3) is 0.450. The molecule has 3 heterocycles. The van der Waals surface area contributed by atoms with Gasteiger partial charge < -0.3 is 20.0 Å². The summed E-state index contributed by atoms with van der Waals surface area (Å²) in [6.45, 7) is 7.04. The Kier molecular flexibility index (Phi) is 5.09. The summed E-state index contributed by atoms with van der Waals surface area (Å²) in [6, 6.07) is 11.9.